The molecule has 3 rings (SSSR count). The van der Waals surface area contributed by atoms with Crippen molar-refractivity contribution in [1.29, 1.82) is 0 Å². The van der Waals surface area contributed by atoms with Crippen LogP contribution < -0.4 is 0 Å². The molecule has 0 bridgehead atoms. The van der Waals surface area contributed by atoms with E-state index in [1.807, 2.05) is 30.0 Å². The van der Waals surface area contributed by atoms with Crippen LogP contribution in [0, 0.1) is 6.92 Å². The lowest BCUT2D eigenvalue weighted by Crippen LogP contribution is -2.42. The van der Waals surface area contributed by atoms with E-state index in [1.165, 1.54) is 0 Å². The van der Waals surface area contributed by atoms with E-state index in [9.17, 15) is 4.79 Å². The normalized spacial score (nSPS) is 18.0. The van der Waals surface area contributed by atoms with Crippen LogP contribution in [-0.4, -0.2) is 45.5 Å². The number of carbonyl (C=O) groups is 1. The number of ether oxygens (including phenoxy) is 1. The van der Waals surface area contributed by atoms with Gasteiger partial charge in [-0.2, -0.15) is 0 Å². The van der Waals surface area contributed by atoms with Crippen molar-refractivity contribution >= 4 is 5.91 Å². The maximum atomic E-state index is 12.4. The molecule has 0 unspecified atom stereocenters. The quantitative estimate of drug-likeness (QED) is 0.860. The van der Waals surface area contributed by atoms with Crippen molar-refractivity contribution in [2.24, 2.45) is 0 Å². The van der Waals surface area contributed by atoms with Gasteiger partial charge < -0.3 is 9.64 Å². The molecule has 0 aliphatic carbocycles. The molecule has 0 aromatic carbocycles. The SMILES string of the molecule is Cc1ccnc([C@H]2CN(C(=O)CCc3cccnc3)CCO2)n1. The van der Waals surface area contributed by atoms with Gasteiger partial charge in [0.25, 0.3) is 0 Å². The molecule has 6 nitrogen and oxygen atoms in total. The topological polar surface area (TPSA) is 68.2 Å². The number of hydrogen-bond donors (Lipinski definition) is 0. The molecule has 1 aliphatic rings. The Balaban J connectivity index is 1.58. The molecule has 1 fully saturated rings. The molecule has 23 heavy (non-hydrogen) atoms. The molecule has 0 N–H and O–H groups in total. The molecule has 1 saturated heterocycles. The van der Waals surface area contributed by atoms with Crippen LogP contribution in [0.2, 0.25) is 0 Å². The molecule has 2 aromatic rings. The highest BCUT2D eigenvalue weighted by atomic mass is 16.5. The number of carbonyl (C=O) groups excluding carboxylic acids is 1. The first-order chi connectivity index (χ1) is 11.2. The molecule has 6 heteroatoms. The van der Waals surface area contributed by atoms with Crippen LogP contribution >= 0.6 is 0 Å². The van der Waals surface area contributed by atoms with Gasteiger partial charge in [0.2, 0.25) is 5.91 Å². The van der Waals surface area contributed by atoms with Crippen molar-refractivity contribution in [3.63, 3.8) is 0 Å². The number of morpholine rings is 1. The van der Waals surface area contributed by atoms with Gasteiger partial charge in [0.05, 0.1) is 13.2 Å². The van der Waals surface area contributed by atoms with Gasteiger partial charge in [-0.25, -0.2) is 9.97 Å². The van der Waals surface area contributed by atoms with Crippen molar-refractivity contribution in [2.75, 3.05) is 19.7 Å². The zero-order chi connectivity index (χ0) is 16.1. The summed E-state index contributed by atoms with van der Waals surface area (Å²) in [6.45, 7) is 3.56. The van der Waals surface area contributed by atoms with E-state index in [-0.39, 0.29) is 12.0 Å². The Kier molecular flexibility index (Phi) is 4.92. The van der Waals surface area contributed by atoms with Crippen molar-refractivity contribution in [3.8, 4) is 0 Å². The van der Waals surface area contributed by atoms with Crippen molar-refractivity contribution in [1.82, 2.24) is 19.9 Å². The number of nitrogens with zero attached hydrogens (tertiary/aromatic N) is 4. The molecule has 120 valence electrons. The minimum Gasteiger partial charge on any atom is -0.367 e. The van der Waals surface area contributed by atoms with Gasteiger partial charge in [0, 0.05) is 37.3 Å². The number of rotatable bonds is 4. The van der Waals surface area contributed by atoms with Crippen LogP contribution in [0.4, 0.5) is 0 Å². The van der Waals surface area contributed by atoms with Crippen LogP contribution in [0.3, 0.4) is 0 Å². The Morgan fingerprint density at radius 1 is 1.39 bits per heavy atom. The second-order valence-corrected chi connectivity index (χ2v) is 5.62. The predicted octanol–water partition coefficient (Wildman–Crippen LogP) is 1.71. The number of hydrogen-bond acceptors (Lipinski definition) is 5. The first kappa shape index (κ1) is 15.6. The maximum Gasteiger partial charge on any atom is 0.223 e. The van der Waals surface area contributed by atoms with Gasteiger partial charge in [-0.3, -0.25) is 9.78 Å². The fourth-order valence-electron chi connectivity index (χ4n) is 2.61. The van der Waals surface area contributed by atoms with E-state index in [0.717, 1.165) is 11.3 Å². The summed E-state index contributed by atoms with van der Waals surface area (Å²) < 4.78 is 5.73. The summed E-state index contributed by atoms with van der Waals surface area (Å²) in [5, 5.41) is 0. The van der Waals surface area contributed by atoms with Gasteiger partial charge in [0.15, 0.2) is 5.82 Å². The average Bonchev–Trinajstić information content (AvgIpc) is 2.61. The third kappa shape index (κ3) is 4.10. The lowest BCUT2D eigenvalue weighted by atomic mass is 10.1. The van der Waals surface area contributed by atoms with E-state index >= 15 is 0 Å². The van der Waals surface area contributed by atoms with E-state index in [1.54, 1.807) is 18.6 Å². The predicted molar refractivity (Wildman–Crippen MR) is 84.6 cm³/mol. The molecular formula is C17H20N4O2. The zero-order valence-corrected chi connectivity index (χ0v) is 13.2. The summed E-state index contributed by atoms with van der Waals surface area (Å²) >= 11 is 0. The zero-order valence-electron chi connectivity index (χ0n) is 13.2. The molecule has 2 aromatic heterocycles. The van der Waals surface area contributed by atoms with Gasteiger partial charge in [-0.05, 0) is 31.0 Å². The molecule has 1 amide bonds. The minimum atomic E-state index is -0.244. The number of pyridine rings is 1. The van der Waals surface area contributed by atoms with Crippen LogP contribution in [-0.2, 0) is 16.0 Å². The Hall–Kier alpha value is -2.34. The van der Waals surface area contributed by atoms with Crippen LogP contribution in [0.15, 0.2) is 36.8 Å². The van der Waals surface area contributed by atoms with Crippen molar-refractivity contribution < 1.29 is 9.53 Å². The first-order valence-electron chi connectivity index (χ1n) is 7.80. The molecule has 0 saturated carbocycles. The number of aryl methyl sites for hydroxylation is 2. The third-order valence-electron chi connectivity index (χ3n) is 3.87. The number of aromatic nitrogens is 3. The lowest BCUT2D eigenvalue weighted by Gasteiger charge is -2.32. The maximum absolute atomic E-state index is 12.4. The van der Waals surface area contributed by atoms with Crippen LogP contribution in [0.1, 0.15) is 29.6 Å². The summed E-state index contributed by atoms with van der Waals surface area (Å²) in [5.74, 6) is 0.782. The lowest BCUT2D eigenvalue weighted by molar-refractivity contribution is -0.139. The molecule has 3 heterocycles. The van der Waals surface area contributed by atoms with E-state index < -0.39 is 0 Å². The second kappa shape index (κ2) is 7.28. The summed E-state index contributed by atoms with van der Waals surface area (Å²) in [7, 11) is 0. The second-order valence-electron chi connectivity index (χ2n) is 5.62. The summed E-state index contributed by atoms with van der Waals surface area (Å²) in [4.78, 5) is 27.0. The number of amides is 1. The molecule has 1 atom stereocenters. The molecular weight excluding hydrogens is 292 g/mol. The Bertz CT molecular complexity index is 663. The van der Waals surface area contributed by atoms with E-state index in [4.69, 9.17) is 4.74 Å². The van der Waals surface area contributed by atoms with Crippen molar-refractivity contribution in [2.45, 2.75) is 25.9 Å². The Labute approximate surface area is 135 Å². The van der Waals surface area contributed by atoms with Gasteiger partial charge in [0.1, 0.15) is 6.10 Å². The van der Waals surface area contributed by atoms with Crippen molar-refractivity contribution in [3.05, 3.63) is 53.9 Å². The van der Waals surface area contributed by atoms with E-state index in [0.29, 0.717) is 38.4 Å². The van der Waals surface area contributed by atoms with E-state index in [2.05, 4.69) is 15.0 Å². The largest absolute Gasteiger partial charge is 0.367 e. The van der Waals surface area contributed by atoms with Crippen LogP contribution in [0.25, 0.3) is 0 Å². The monoisotopic (exact) mass is 312 g/mol. The third-order valence-corrected chi connectivity index (χ3v) is 3.87. The summed E-state index contributed by atoms with van der Waals surface area (Å²) in [6, 6.07) is 5.73. The molecule has 0 radical (unpaired) electrons. The highest BCUT2D eigenvalue weighted by Gasteiger charge is 2.26. The standard InChI is InChI=1S/C17H20N4O2/c1-13-6-8-19-17(20-13)15-12-21(9-10-23-15)16(22)5-4-14-3-2-7-18-11-14/h2-3,6-8,11,15H,4-5,9-10,12H2,1H3/t15-/m1/s1. The highest BCUT2D eigenvalue weighted by molar-refractivity contribution is 5.76. The average molecular weight is 312 g/mol. The molecule has 0 spiro atoms. The van der Waals surface area contributed by atoms with Crippen LogP contribution in [0.5, 0.6) is 0 Å². The first-order valence-corrected chi connectivity index (χ1v) is 7.80. The highest BCUT2D eigenvalue weighted by Crippen LogP contribution is 2.20. The summed E-state index contributed by atoms with van der Waals surface area (Å²) in [6.07, 6.45) is 6.20. The van der Waals surface area contributed by atoms with Gasteiger partial charge >= 0.3 is 0 Å². The fraction of sp³-hybridized carbons (Fsp3) is 0.412. The summed E-state index contributed by atoms with van der Waals surface area (Å²) in [5.41, 5.74) is 1.98. The smallest absolute Gasteiger partial charge is 0.223 e. The fourth-order valence-corrected chi connectivity index (χ4v) is 2.61. The van der Waals surface area contributed by atoms with Gasteiger partial charge in [-0.15, -0.1) is 0 Å². The Morgan fingerprint density at radius 2 is 2.30 bits per heavy atom. The Morgan fingerprint density at radius 3 is 3.09 bits per heavy atom. The van der Waals surface area contributed by atoms with Gasteiger partial charge in [-0.1, -0.05) is 6.07 Å². The molecule has 1 aliphatic heterocycles. The minimum absolute atomic E-state index is 0.134.